The summed E-state index contributed by atoms with van der Waals surface area (Å²) in [7, 11) is -1.49. The molecule has 1 aromatic heterocycles. The second-order valence-corrected chi connectivity index (χ2v) is 10.3. The number of ether oxygens (including phenoxy) is 2. The van der Waals surface area contributed by atoms with Crippen molar-refractivity contribution in [2.75, 3.05) is 31.8 Å². The minimum Gasteiger partial charge on any atom is -0.497 e. The Labute approximate surface area is 197 Å². The average molecular weight is 496 g/mol. The van der Waals surface area contributed by atoms with Crippen LogP contribution in [-0.4, -0.2) is 61.8 Å². The molecule has 9 nitrogen and oxygen atoms in total. The number of aryl methyl sites for hydroxylation is 1. The monoisotopic (exact) mass is 495 g/mol. The number of methoxy groups -OCH3 is 1. The van der Waals surface area contributed by atoms with Gasteiger partial charge in [0, 0.05) is 18.2 Å². The van der Waals surface area contributed by atoms with E-state index in [1.807, 2.05) is 24.3 Å². The third kappa shape index (κ3) is 6.82. The highest BCUT2D eigenvalue weighted by Crippen LogP contribution is 2.30. The van der Waals surface area contributed by atoms with Gasteiger partial charge in [0.2, 0.25) is 0 Å². The van der Waals surface area contributed by atoms with Gasteiger partial charge in [-0.05, 0) is 43.5 Å². The van der Waals surface area contributed by atoms with Gasteiger partial charge in [-0.3, -0.25) is 4.79 Å². The molecule has 1 fully saturated rings. The molecule has 1 saturated heterocycles. The first-order valence-corrected chi connectivity index (χ1v) is 12.6. The minimum absolute atomic E-state index is 0.00733. The molecule has 0 spiro atoms. The third-order valence-corrected chi connectivity index (χ3v) is 7.38. The Balaban J connectivity index is 1.45. The zero-order valence-corrected chi connectivity index (χ0v) is 20.0. The Morgan fingerprint density at radius 2 is 2.03 bits per heavy atom. The van der Waals surface area contributed by atoms with Crippen LogP contribution in [0.25, 0.3) is 6.08 Å². The Bertz CT molecular complexity index is 1140. The van der Waals surface area contributed by atoms with Crippen LogP contribution in [0.4, 0.5) is 0 Å². The van der Waals surface area contributed by atoms with E-state index in [0.717, 1.165) is 17.4 Å². The average Bonchev–Trinajstić information content (AvgIpc) is 3.29. The van der Waals surface area contributed by atoms with E-state index in [9.17, 15) is 18.0 Å². The first-order valence-electron chi connectivity index (χ1n) is 10.4. The molecule has 1 N–H and O–H groups in total. The standard InChI is InChI=1S/C22H26ClN3O6S/c1-15-19(22(23)26(25-15)17-10-12-33(29,30)14-17)7-8-21(28)32-13-20(27)24-11-9-16-3-5-18(31-2)6-4-16/h3-8,17H,9-14H2,1-2H3,(H,24,27). The number of benzene rings is 1. The summed E-state index contributed by atoms with van der Waals surface area (Å²) in [5.41, 5.74) is 2.10. The van der Waals surface area contributed by atoms with Crippen LogP contribution in [0.15, 0.2) is 30.3 Å². The van der Waals surface area contributed by atoms with Gasteiger partial charge in [0.1, 0.15) is 10.9 Å². The number of carbonyl (C=O) groups is 2. The summed E-state index contributed by atoms with van der Waals surface area (Å²) in [6.07, 6.45) is 3.69. The summed E-state index contributed by atoms with van der Waals surface area (Å²) >= 11 is 6.37. The molecule has 1 unspecified atom stereocenters. The smallest absolute Gasteiger partial charge is 0.331 e. The maximum atomic E-state index is 12.0. The molecule has 178 valence electrons. The Morgan fingerprint density at radius 1 is 1.30 bits per heavy atom. The van der Waals surface area contributed by atoms with Gasteiger partial charge in [-0.1, -0.05) is 23.7 Å². The lowest BCUT2D eigenvalue weighted by Crippen LogP contribution is -2.30. The molecule has 1 amide bonds. The predicted molar refractivity (Wildman–Crippen MR) is 124 cm³/mol. The predicted octanol–water partition coefficient (Wildman–Crippen LogP) is 2.13. The van der Waals surface area contributed by atoms with Crippen LogP contribution < -0.4 is 10.1 Å². The van der Waals surface area contributed by atoms with E-state index in [-0.39, 0.29) is 22.7 Å². The molecule has 0 aliphatic carbocycles. The highest BCUT2D eigenvalue weighted by atomic mass is 35.5. The molecule has 1 atom stereocenters. The van der Waals surface area contributed by atoms with Crippen molar-refractivity contribution in [3.8, 4) is 5.75 Å². The number of hydrogen-bond acceptors (Lipinski definition) is 7. The molecule has 1 aromatic carbocycles. The molecule has 33 heavy (non-hydrogen) atoms. The fourth-order valence-corrected chi connectivity index (χ4v) is 5.52. The van der Waals surface area contributed by atoms with Crippen LogP contribution in [0.1, 0.15) is 29.3 Å². The van der Waals surface area contributed by atoms with E-state index >= 15 is 0 Å². The summed E-state index contributed by atoms with van der Waals surface area (Å²) in [4.78, 5) is 23.9. The fraction of sp³-hybridized carbons (Fsp3) is 0.409. The Morgan fingerprint density at radius 3 is 2.67 bits per heavy atom. The van der Waals surface area contributed by atoms with Crippen LogP contribution in [0.3, 0.4) is 0 Å². The van der Waals surface area contributed by atoms with Crippen LogP contribution >= 0.6 is 11.6 Å². The fourth-order valence-electron chi connectivity index (χ4n) is 3.46. The molecule has 2 aromatic rings. The van der Waals surface area contributed by atoms with Crippen LogP contribution in [0, 0.1) is 6.92 Å². The summed E-state index contributed by atoms with van der Waals surface area (Å²) < 4.78 is 35.0. The van der Waals surface area contributed by atoms with E-state index in [4.69, 9.17) is 21.1 Å². The summed E-state index contributed by atoms with van der Waals surface area (Å²) in [5.74, 6) is -0.251. The van der Waals surface area contributed by atoms with E-state index in [0.29, 0.717) is 30.6 Å². The molecule has 1 aliphatic rings. The molecular weight excluding hydrogens is 470 g/mol. The second kappa shape index (κ2) is 10.8. The van der Waals surface area contributed by atoms with Gasteiger partial charge >= 0.3 is 5.97 Å². The first kappa shape index (κ1) is 24.8. The lowest BCUT2D eigenvalue weighted by Gasteiger charge is -2.09. The lowest BCUT2D eigenvalue weighted by molar-refractivity contribution is -0.143. The molecule has 11 heteroatoms. The number of nitrogens with zero attached hydrogens (tertiary/aromatic N) is 2. The molecule has 0 radical (unpaired) electrons. The molecule has 0 saturated carbocycles. The van der Waals surface area contributed by atoms with Crippen molar-refractivity contribution in [3.05, 3.63) is 52.3 Å². The second-order valence-electron chi connectivity index (χ2n) is 7.68. The number of aromatic nitrogens is 2. The molecule has 0 bridgehead atoms. The number of halogens is 1. The normalized spacial score (nSPS) is 17.2. The molecular formula is C22H26ClN3O6S. The first-order chi connectivity index (χ1) is 15.7. The number of amides is 1. The topological polar surface area (TPSA) is 117 Å². The highest BCUT2D eigenvalue weighted by Gasteiger charge is 2.31. The van der Waals surface area contributed by atoms with Crippen molar-refractivity contribution in [1.82, 2.24) is 15.1 Å². The van der Waals surface area contributed by atoms with Gasteiger partial charge in [-0.2, -0.15) is 5.10 Å². The van der Waals surface area contributed by atoms with E-state index in [1.165, 1.54) is 10.8 Å². The van der Waals surface area contributed by atoms with Crippen LogP contribution in [-0.2, 0) is 30.6 Å². The van der Waals surface area contributed by atoms with Crippen molar-refractivity contribution in [2.24, 2.45) is 0 Å². The van der Waals surface area contributed by atoms with Crippen molar-refractivity contribution in [1.29, 1.82) is 0 Å². The van der Waals surface area contributed by atoms with Crippen molar-refractivity contribution in [2.45, 2.75) is 25.8 Å². The SMILES string of the molecule is COc1ccc(CCNC(=O)COC(=O)C=Cc2c(C)nn(C3CCS(=O)(=O)C3)c2Cl)cc1. The van der Waals surface area contributed by atoms with E-state index in [2.05, 4.69) is 10.4 Å². The molecule has 1 aliphatic heterocycles. The van der Waals surface area contributed by atoms with Gasteiger partial charge < -0.3 is 14.8 Å². The highest BCUT2D eigenvalue weighted by molar-refractivity contribution is 7.91. The quantitative estimate of drug-likeness (QED) is 0.418. The van der Waals surface area contributed by atoms with Gasteiger partial charge in [-0.15, -0.1) is 0 Å². The van der Waals surface area contributed by atoms with Crippen LogP contribution in [0.2, 0.25) is 5.15 Å². The number of rotatable bonds is 9. The van der Waals surface area contributed by atoms with Crippen molar-refractivity contribution < 1.29 is 27.5 Å². The molecule has 3 rings (SSSR count). The van der Waals surface area contributed by atoms with Gasteiger partial charge in [0.05, 0.1) is 30.4 Å². The van der Waals surface area contributed by atoms with Gasteiger partial charge in [0.15, 0.2) is 16.4 Å². The van der Waals surface area contributed by atoms with E-state index < -0.39 is 28.3 Å². The summed E-state index contributed by atoms with van der Waals surface area (Å²) in [6, 6.07) is 7.20. The molecule has 2 heterocycles. The zero-order chi connectivity index (χ0) is 24.0. The maximum Gasteiger partial charge on any atom is 0.331 e. The van der Waals surface area contributed by atoms with Gasteiger partial charge in [-0.25, -0.2) is 17.9 Å². The Kier molecular flexibility index (Phi) is 8.15. The summed E-state index contributed by atoms with van der Waals surface area (Å²) in [6.45, 7) is 1.72. The number of carbonyl (C=O) groups excluding carboxylic acids is 2. The largest absolute Gasteiger partial charge is 0.497 e. The number of esters is 1. The van der Waals surface area contributed by atoms with Gasteiger partial charge in [0.25, 0.3) is 5.91 Å². The van der Waals surface area contributed by atoms with E-state index in [1.54, 1.807) is 14.0 Å². The zero-order valence-electron chi connectivity index (χ0n) is 18.4. The van der Waals surface area contributed by atoms with Crippen LogP contribution in [0.5, 0.6) is 5.75 Å². The van der Waals surface area contributed by atoms with Crippen molar-refractivity contribution in [3.63, 3.8) is 0 Å². The third-order valence-electron chi connectivity index (χ3n) is 5.25. The number of nitrogens with one attached hydrogen (secondary N) is 1. The number of sulfone groups is 1. The van der Waals surface area contributed by atoms with Crippen molar-refractivity contribution >= 4 is 39.4 Å². The lowest BCUT2D eigenvalue weighted by atomic mass is 10.1. The summed E-state index contributed by atoms with van der Waals surface area (Å²) in [5, 5.41) is 7.28. The Hall–Kier alpha value is -2.85. The number of hydrogen-bond donors (Lipinski definition) is 1. The maximum absolute atomic E-state index is 12.0. The minimum atomic E-state index is -3.09.